The van der Waals surface area contributed by atoms with Gasteiger partial charge in [0.15, 0.2) is 0 Å². The zero-order chi connectivity index (χ0) is 11.3. The van der Waals surface area contributed by atoms with Crippen LogP contribution < -0.4 is 4.90 Å². The van der Waals surface area contributed by atoms with Crippen LogP contribution in [0.25, 0.3) is 0 Å². The largest absolute Gasteiger partial charge is 0.341 e. The lowest BCUT2D eigenvalue weighted by Crippen LogP contribution is -2.26. The quantitative estimate of drug-likeness (QED) is 0.772. The second kappa shape index (κ2) is 6.05. The Labute approximate surface area is 100 Å². The first-order chi connectivity index (χ1) is 7.17. The highest BCUT2D eigenvalue weighted by molar-refractivity contribution is 9.09. The molecule has 0 N–H and O–H groups in total. The smallest absolute Gasteiger partial charge is 0.225 e. The molecule has 0 atom stereocenters. The lowest BCUT2D eigenvalue weighted by Gasteiger charge is -2.20. The fourth-order valence-corrected chi connectivity index (χ4v) is 1.75. The van der Waals surface area contributed by atoms with E-state index in [4.69, 9.17) is 0 Å². The number of hydrogen-bond donors (Lipinski definition) is 0. The van der Waals surface area contributed by atoms with Gasteiger partial charge in [0.05, 0.1) is 0 Å². The molecule has 0 spiro atoms. The molecule has 0 aromatic carbocycles. The van der Waals surface area contributed by atoms with E-state index >= 15 is 0 Å². The summed E-state index contributed by atoms with van der Waals surface area (Å²) in [5, 5.41) is 1.02. The molecule has 1 aromatic heterocycles. The maximum absolute atomic E-state index is 4.46. The fraction of sp³-hybridized carbons (Fsp3) is 0.636. The average Bonchev–Trinajstić information content (AvgIpc) is 2.17. The van der Waals surface area contributed by atoms with E-state index in [1.807, 2.05) is 19.9 Å². The molecule has 1 aromatic rings. The molecule has 0 saturated heterocycles. The molecule has 0 amide bonds. The van der Waals surface area contributed by atoms with Crippen LogP contribution in [0.15, 0.2) is 6.07 Å². The average molecular weight is 272 g/mol. The highest BCUT2D eigenvalue weighted by Crippen LogP contribution is 2.10. The summed E-state index contributed by atoms with van der Waals surface area (Å²) < 4.78 is 0. The number of aryl methyl sites for hydroxylation is 2. The molecule has 84 valence electrons. The van der Waals surface area contributed by atoms with Crippen LogP contribution in [0.1, 0.15) is 24.7 Å². The lowest BCUT2D eigenvalue weighted by atomic mass is 10.3. The van der Waals surface area contributed by atoms with Crippen molar-refractivity contribution in [3.05, 3.63) is 17.5 Å². The summed E-state index contributed by atoms with van der Waals surface area (Å²) >= 11 is 3.44. The Kier molecular flexibility index (Phi) is 5.02. The summed E-state index contributed by atoms with van der Waals surface area (Å²) in [6.07, 6.45) is 1.12. The zero-order valence-electron chi connectivity index (χ0n) is 9.63. The molecule has 0 unspecified atom stereocenters. The molecule has 0 aliphatic rings. The van der Waals surface area contributed by atoms with Crippen molar-refractivity contribution in [3.8, 4) is 0 Å². The molecule has 3 nitrogen and oxygen atoms in total. The monoisotopic (exact) mass is 271 g/mol. The fourth-order valence-electron chi connectivity index (χ4n) is 1.50. The van der Waals surface area contributed by atoms with Gasteiger partial charge >= 0.3 is 0 Å². The summed E-state index contributed by atoms with van der Waals surface area (Å²) in [6, 6.07) is 2.00. The van der Waals surface area contributed by atoms with Gasteiger partial charge in [-0.2, -0.15) is 0 Å². The number of alkyl halides is 1. The van der Waals surface area contributed by atoms with Crippen molar-refractivity contribution in [2.45, 2.75) is 27.2 Å². The Balaban J connectivity index is 2.81. The number of aromatic nitrogens is 2. The second-order valence-electron chi connectivity index (χ2n) is 3.57. The van der Waals surface area contributed by atoms with E-state index in [1.165, 1.54) is 0 Å². The van der Waals surface area contributed by atoms with Crippen molar-refractivity contribution in [3.63, 3.8) is 0 Å². The predicted octanol–water partition coefficient (Wildman–Crippen LogP) is 2.70. The third-order valence-electron chi connectivity index (χ3n) is 2.20. The third kappa shape index (κ3) is 3.78. The molecule has 0 bridgehead atoms. The first kappa shape index (κ1) is 12.4. The number of nitrogens with zero attached hydrogens (tertiary/aromatic N) is 3. The third-order valence-corrected chi connectivity index (χ3v) is 2.76. The molecular weight excluding hydrogens is 254 g/mol. The van der Waals surface area contributed by atoms with Crippen molar-refractivity contribution in [1.82, 2.24) is 9.97 Å². The first-order valence-corrected chi connectivity index (χ1v) is 6.42. The van der Waals surface area contributed by atoms with Gasteiger partial charge in [-0.1, -0.05) is 15.9 Å². The molecule has 0 radical (unpaired) electrons. The number of halogens is 1. The molecule has 0 aliphatic heterocycles. The van der Waals surface area contributed by atoms with Gasteiger partial charge in [0, 0.05) is 29.8 Å². The maximum atomic E-state index is 4.46. The van der Waals surface area contributed by atoms with Crippen LogP contribution >= 0.6 is 15.9 Å². The Hall–Kier alpha value is -0.640. The molecular formula is C11H18BrN3. The molecule has 0 saturated carbocycles. The van der Waals surface area contributed by atoms with Gasteiger partial charge in [0.2, 0.25) is 5.95 Å². The second-order valence-corrected chi connectivity index (χ2v) is 4.37. The minimum absolute atomic E-state index is 0.857. The molecule has 1 rings (SSSR count). The Morgan fingerprint density at radius 2 is 1.87 bits per heavy atom. The van der Waals surface area contributed by atoms with Gasteiger partial charge in [-0.25, -0.2) is 9.97 Å². The Morgan fingerprint density at radius 1 is 1.27 bits per heavy atom. The van der Waals surface area contributed by atoms with Gasteiger partial charge in [-0.15, -0.1) is 0 Å². The van der Waals surface area contributed by atoms with Crippen molar-refractivity contribution in [1.29, 1.82) is 0 Å². The highest BCUT2D eigenvalue weighted by atomic mass is 79.9. The summed E-state index contributed by atoms with van der Waals surface area (Å²) in [5.74, 6) is 0.857. The van der Waals surface area contributed by atoms with Crippen LogP contribution in [0.2, 0.25) is 0 Å². The SMILES string of the molecule is CCN(CCCBr)c1nc(C)cc(C)n1. The van der Waals surface area contributed by atoms with Crippen LogP contribution in [0, 0.1) is 13.8 Å². The predicted molar refractivity (Wildman–Crippen MR) is 67.8 cm³/mol. The standard InChI is InChI=1S/C11H18BrN3/c1-4-15(7-5-6-12)11-13-9(2)8-10(3)14-11/h8H,4-7H2,1-3H3. The van der Waals surface area contributed by atoms with Gasteiger partial charge in [0.25, 0.3) is 0 Å². The van der Waals surface area contributed by atoms with E-state index in [2.05, 4.69) is 37.7 Å². The van der Waals surface area contributed by atoms with Gasteiger partial charge in [-0.3, -0.25) is 0 Å². The molecule has 0 fully saturated rings. The lowest BCUT2D eigenvalue weighted by molar-refractivity contribution is 0.762. The minimum atomic E-state index is 0.857. The maximum Gasteiger partial charge on any atom is 0.225 e. The molecule has 1 heterocycles. The zero-order valence-corrected chi connectivity index (χ0v) is 11.2. The van der Waals surface area contributed by atoms with Crippen LogP contribution in [0.5, 0.6) is 0 Å². The topological polar surface area (TPSA) is 29.0 Å². The van der Waals surface area contributed by atoms with Gasteiger partial charge in [0.1, 0.15) is 0 Å². The van der Waals surface area contributed by atoms with Crippen molar-refractivity contribution in [2.24, 2.45) is 0 Å². The van der Waals surface area contributed by atoms with E-state index in [0.29, 0.717) is 0 Å². The van der Waals surface area contributed by atoms with Gasteiger partial charge in [-0.05, 0) is 33.3 Å². The number of rotatable bonds is 5. The molecule has 4 heteroatoms. The molecule has 15 heavy (non-hydrogen) atoms. The number of anilines is 1. The summed E-state index contributed by atoms with van der Waals surface area (Å²) in [6.45, 7) is 8.11. The molecule has 0 aliphatic carbocycles. The van der Waals surface area contributed by atoms with E-state index in [9.17, 15) is 0 Å². The summed E-state index contributed by atoms with van der Waals surface area (Å²) in [7, 11) is 0. The van der Waals surface area contributed by atoms with Crippen molar-refractivity contribution < 1.29 is 0 Å². The summed E-state index contributed by atoms with van der Waals surface area (Å²) in [5.41, 5.74) is 2.07. The van der Waals surface area contributed by atoms with E-state index < -0.39 is 0 Å². The van der Waals surface area contributed by atoms with Crippen molar-refractivity contribution in [2.75, 3.05) is 23.3 Å². The van der Waals surface area contributed by atoms with Crippen molar-refractivity contribution >= 4 is 21.9 Å². The normalized spacial score (nSPS) is 10.4. The Bertz CT molecular complexity index is 294. The summed E-state index contributed by atoms with van der Waals surface area (Å²) in [4.78, 5) is 11.1. The minimum Gasteiger partial charge on any atom is -0.341 e. The van der Waals surface area contributed by atoms with Crippen LogP contribution in [-0.2, 0) is 0 Å². The van der Waals surface area contributed by atoms with E-state index in [-0.39, 0.29) is 0 Å². The van der Waals surface area contributed by atoms with E-state index in [1.54, 1.807) is 0 Å². The van der Waals surface area contributed by atoms with E-state index in [0.717, 1.165) is 42.2 Å². The van der Waals surface area contributed by atoms with Gasteiger partial charge < -0.3 is 4.90 Å². The number of hydrogen-bond acceptors (Lipinski definition) is 3. The highest BCUT2D eigenvalue weighted by Gasteiger charge is 2.07. The van der Waals surface area contributed by atoms with Crippen LogP contribution in [0.4, 0.5) is 5.95 Å². The van der Waals surface area contributed by atoms with Crippen LogP contribution in [0.3, 0.4) is 0 Å². The first-order valence-electron chi connectivity index (χ1n) is 5.30. The van der Waals surface area contributed by atoms with Crippen LogP contribution in [-0.4, -0.2) is 28.4 Å². The Morgan fingerprint density at radius 3 is 2.33 bits per heavy atom.